The largest absolute Gasteiger partial charge is 0.491 e. The maximum Gasteiger partial charge on any atom is 0.126 e. The third-order valence-corrected chi connectivity index (χ3v) is 3.37. The van der Waals surface area contributed by atoms with E-state index in [4.69, 9.17) is 9.47 Å². The van der Waals surface area contributed by atoms with Crippen LogP contribution in [-0.4, -0.2) is 31.5 Å². The summed E-state index contributed by atoms with van der Waals surface area (Å²) in [6.45, 7) is 1.12. The molecule has 1 aromatic carbocycles. The maximum atomic E-state index is 9.89. The standard InChI is InChI=1S/C16H22O3/c1-18-10-11-19-16-9-5-4-8-15(16)13-6-2-3-7-14(17)12-13/h4-5,8-9,12,14,17H,2-3,6-7,10-11H2,1H3. The summed E-state index contributed by atoms with van der Waals surface area (Å²) in [6, 6.07) is 8.02. The summed E-state index contributed by atoms with van der Waals surface area (Å²) in [5.41, 5.74) is 2.29. The van der Waals surface area contributed by atoms with Crippen LogP contribution in [0.5, 0.6) is 5.75 Å². The molecule has 1 aromatic rings. The van der Waals surface area contributed by atoms with E-state index in [0.717, 1.165) is 37.0 Å². The summed E-state index contributed by atoms with van der Waals surface area (Å²) in [6.07, 6.45) is 5.71. The van der Waals surface area contributed by atoms with Crippen LogP contribution in [0.4, 0.5) is 0 Å². The van der Waals surface area contributed by atoms with E-state index in [1.165, 1.54) is 5.57 Å². The molecule has 3 heteroatoms. The van der Waals surface area contributed by atoms with Crippen molar-refractivity contribution in [2.75, 3.05) is 20.3 Å². The summed E-state index contributed by atoms with van der Waals surface area (Å²) in [4.78, 5) is 0. The first-order valence-electron chi connectivity index (χ1n) is 6.91. The zero-order valence-electron chi connectivity index (χ0n) is 11.5. The number of hydrogen-bond acceptors (Lipinski definition) is 3. The first-order valence-corrected chi connectivity index (χ1v) is 6.91. The molecule has 0 bridgehead atoms. The van der Waals surface area contributed by atoms with E-state index in [2.05, 4.69) is 6.07 Å². The monoisotopic (exact) mass is 262 g/mol. The lowest BCUT2D eigenvalue weighted by molar-refractivity contribution is 0.146. The smallest absolute Gasteiger partial charge is 0.126 e. The molecule has 2 rings (SSSR count). The number of aliphatic hydroxyl groups excluding tert-OH is 1. The Labute approximate surface area is 114 Å². The van der Waals surface area contributed by atoms with Crippen LogP contribution in [-0.2, 0) is 4.74 Å². The summed E-state index contributed by atoms with van der Waals surface area (Å²) < 4.78 is 10.8. The number of allylic oxidation sites excluding steroid dienone is 1. The molecular weight excluding hydrogens is 240 g/mol. The second-order valence-corrected chi connectivity index (χ2v) is 4.84. The van der Waals surface area contributed by atoms with E-state index < -0.39 is 0 Å². The zero-order valence-corrected chi connectivity index (χ0v) is 11.5. The third kappa shape index (κ3) is 4.08. The van der Waals surface area contributed by atoms with E-state index in [0.29, 0.717) is 13.2 Å². The fourth-order valence-electron chi connectivity index (χ4n) is 2.39. The van der Waals surface area contributed by atoms with E-state index in [1.807, 2.05) is 24.3 Å². The summed E-state index contributed by atoms with van der Waals surface area (Å²) in [7, 11) is 1.67. The molecule has 1 atom stereocenters. The summed E-state index contributed by atoms with van der Waals surface area (Å²) in [5, 5.41) is 9.89. The van der Waals surface area contributed by atoms with Crippen LogP contribution in [0.25, 0.3) is 5.57 Å². The van der Waals surface area contributed by atoms with Crippen molar-refractivity contribution < 1.29 is 14.6 Å². The average molecular weight is 262 g/mol. The van der Waals surface area contributed by atoms with Gasteiger partial charge in [0.25, 0.3) is 0 Å². The quantitative estimate of drug-likeness (QED) is 0.829. The van der Waals surface area contributed by atoms with Gasteiger partial charge in [-0.3, -0.25) is 0 Å². The molecule has 0 fully saturated rings. The van der Waals surface area contributed by atoms with Crippen LogP contribution in [0, 0.1) is 0 Å². The van der Waals surface area contributed by atoms with Crippen molar-refractivity contribution in [1.29, 1.82) is 0 Å². The van der Waals surface area contributed by atoms with Crippen LogP contribution < -0.4 is 4.74 Å². The van der Waals surface area contributed by atoms with Crippen molar-refractivity contribution in [3.63, 3.8) is 0 Å². The van der Waals surface area contributed by atoms with Gasteiger partial charge >= 0.3 is 0 Å². The molecular formula is C16H22O3. The molecule has 1 aliphatic carbocycles. The van der Waals surface area contributed by atoms with Crippen molar-refractivity contribution in [3.05, 3.63) is 35.9 Å². The second kappa shape index (κ2) is 7.31. The number of para-hydroxylation sites is 1. The minimum atomic E-state index is -0.329. The molecule has 0 amide bonds. The van der Waals surface area contributed by atoms with Crippen LogP contribution in [0.1, 0.15) is 31.2 Å². The molecule has 3 nitrogen and oxygen atoms in total. The fraction of sp³-hybridized carbons (Fsp3) is 0.500. The lowest BCUT2D eigenvalue weighted by Gasteiger charge is -2.13. The molecule has 0 heterocycles. The number of benzene rings is 1. The van der Waals surface area contributed by atoms with Crippen molar-refractivity contribution >= 4 is 5.57 Å². The van der Waals surface area contributed by atoms with Crippen LogP contribution in [0.2, 0.25) is 0 Å². The van der Waals surface area contributed by atoms with Gasteiger partial charge in [0.1, 0.15) is 12.4 Å². The minimum Gasteiger partial charge on any atom is -0.491 e. The van der Waals surface area contributed by atoms with E-state index in [9.17, 15) is 5.11 Å². The molecule has 1 N–H and O–H groups in total. The number of ether oxygens (including phenoxy) is 2. The van der Waals surface area contributed by atoms with Crippen molar-refractivity contribution in [1.82, 2.24) is 0 Å². The normalized spacial score (nSPS) is 19.7. The molecule has 0 spiro atoms. The van der Waals surface area contributed by atoms with Gasteiger partial charge in [0.15, 0.2) is 0 Å². The number of hydrogen-bond donors (Lipinski definition) is 1. The van der Waals surface area contributed by atoms with Gasteiger partial charge in [-0.05, 0) is 30.9 Å². The van der Waals surface area contributed by atoms with E-state index in [-0.39, 0.29) is 6.10 Å². The second-order valence-electron chi connectivity index (χ2n) is 4.84. The van der Waals surface area contributed by atoms with Crippen LogP contribution >= 0.6 is 0 Å². The molecule has 1 aliphatic rings. The Hall–Kier alpha value is -1.32. The highest BCUT2D eigenvalue weighted by Gasteiger charge is 2.14. The molecule has 0 aliphatic heterocycles. The zero-order chi connectivity index (χ0) is 13.5. The van der Waals surface area contributed by atoms with E-state index >= 15 is 0 Å². The third-order valence-electron chi connectivity index (χ3n) is 3.37. The predicted octanol–water partition coefficient (Wildman–Crippen LogP) is 3.03. The van der Waals surface area contributed by atoms with Gasteiger partial charge in [0.2, 0.25) is 0 Å². The Morgan fingerprint density at radius 3 is 2.89 bits per heavy atom. The highest BCUT2D eigenvalue weighted by atomic mass is 16.5. The van der Waals surface area contributed by atoms with Crippen LogP contribution in [0.3, 0.4) is 0 Å². The van der Waals surface area contributed by atoms with Gasteiger partial charge < -0.3 is 14.6 Å². The first-order chi connectivity index (χ1) is 9.31. The van der Waals surface area contributed by atoms with Gasteiger partial charge in [-0.15, -0.1) is 0 Å². The lowest BCUT2D eigenvalue weighted by Crippen LogP contribution is -2.06. The Bertz CT molecular complexity index is 426. The van der Waals surface area contributed by atoms with Crippen molar-refractivity contribution in [3.8, 4) is 5.75 Å². The molecule has 0 radical (unpaired) electrons. The average Bonchev–Trinajstić information content (AvgIpc) is 2.64. The Balaban J connectivity index is 2.18. The summed E-state index contributed by atoms with van der Waals surface area (Å²) in [5.74, 6) is 0.875. The van der Waals surface area contributed by atoms with Gasteiger partial charge in [-0.2, -0.15) is 0 Å². The Kier molecular flexibility index (Phi) is 5.43. The highest BCUT2D eigenvalue weighted by molar-refractivity contribution is 5.71. The minimum absolute atomic E-state index is 0.329. The number of rotatable bonds is 5. The maximum absolute atomic E-state index is 9.89. The lowest BCUT2D eigenvalue weighted by atomic mass is 10.00. The highest BCUT2D eigenvalue weighted by Crippen LogP contribution is 2.32. The van der Waals surface area contributed by atoms with Gasteiger partial charge in [0.05, 0.1) is 12.7 Å². The molecule has 0 aromatic heterocycles. The molecule has 0 saturated heterocycles. The van der Waals surface area contributed by atoms with Gasteiger partial charge in [-0.25, -0.2) is 0 Å². The molecule has 19 heavy (non-hydrogen) atoms. The Morgan fingerprint density at radius 2 is 2.05 bits per heavy atom. The SMILES string of the molecule is COCCOc1ccccc1C1=CC(O)CCCC1. The fourth-order valence-corrected chi connectivity index (χ4v) is 2.39. The number of methoxy groups -OCH3 is 1. The van der Waals surface area contributed by atoms with E-state index in [1.54, 1.807) is 7.11 Å². The van der Waals surface area contributed by atoms with Gasteiger partial charge in [-0.1, -0.05) is 30.7 Å². The molecule has 0 saturated carbocycles. The molecule has 1 unspecified atom stereocenters. The Morgan fingerprint density at radius 1 is 1.21 bits per heavy atom. The van der Waals surface area contributed by atoms with Crippen molar-refractivity contribution in [2.24, 2.45) is 0 Å². The van der Waals surface area contributed by atoms with Gasteiger partial charge in [0, 0.05) is 12.7 Å². The summed E-state index contributed by atoms with van der Waals surface area (Å²) >= 11 is 0. The first kappa shape index (κ1) is 14.1. The number of aliphatic hydroxyl groups is 1. The predicted molar refractivity (Wildman–Crippen MR) is 76.3 cm³/mol. The van der Waals surface area contributed by atoms with Crippen LogP contribution in [0.15, 0.2) is 30.3 Å². The topological polar surface area (TPSA) is 38.7 Å². The van der Waals surface area contributed by atoms with Crippen molar-refractivity contribution in [2.45, 2.75) is 31.8 Å². The molecule has 104 valence electrons.